The molecule has 0 aliphatic rings. The number of unbranched alkanes of at least 4 members (excludes halogenated alkanes) is 24. The van der Waals surface area contributed by atoms with Gasteiger partial charge in [0.05, 0.1) is 13.2 Å². The zero-order valence-corrected chi connectivity index (χ0v) is 34.6. The van der Waals surface area contributed by atoms with Gasteiger partial charge in [-0.25, -0.2) is 0 Å². The Hall–Kier alpha value is -1.81. The third kappa shape index (κ3) is 38.3. The SMILES string of the molecule is CCCCCCCCCCCCCCCC(=O)OCC(COP(=O)([O-])OCCNC(=O)CCC=O)OC(=O)CCCCCCCCCCCCCCC. The Kier molecular flexibility index (Phi) is 37.2. The van der Waals surface area contributed by atoms with Crippen molar-refractivity contribution in [1.29, 1.82) is 0 Å². The monoisotopic (exact) mass is 775 g/mol. The maximum absolute atomic E-state index is 12.6. The zero-order valence-electron chi connectivity index (χ0n) is 33.7. The molecule has 1 amide bonds. The molecular weight excluding hydrogens is 697 g/mol. The van der Waals surface area contributed by atoms with Crippen LogP contribution in [0.3, 0.4) is 0 Å². The fourth-order valence-electron chi connectivity index (χ4n) is 6.03. The first-order chi connectivity index (χ1) is 25.7. The van der Waals surface area contributed by atoms with E-state index in [4.69, 9.17) is 18.5 Å². The van der Waals surface area contributed by atoms with E-state index in [1.54, 1.807) is 0 Å². The number of amides is 1. The summed E-state index contributed by atoms with van der Waals surface area (Å²) in [4.78, 5) is 59.3. The molecule has 0 radical (unpaired) electrons. The van der Waals surface area contributed by atoms with E-state index in [0.717, 1.165) is 38.5 Å². The van der Waals surface area contributed by atoms with Crippen LogP contribution >= 0.6 is 7.82 Å². The predicted octanol–water partition coefficient (Wildman–Crippen LogP) is 10.0. The van der Waals surface area contributed by atoms with Crippen LogP contribution in [-0.4, -0.2) is 56.6 Å². The number of rotatable bonds is 41. The molecule has 2 atom stereocenters. The lowest BCUT2D eigenvalue weighted by molar-refractivity contribution is -0.228. The molecule has 0 spiro atoms. The first-order valence-corrected chi connectivity index (χ1v) is 22.9. The molecule has 0 aromatic carbocycles. The highest BCUT2D eigenvalue weighted by molar-refractivity contribution is 7.45. The van der Waals surface area contributed by atoms with Crippen molar-refractivity contribution in [2.75, 3.05) is 26.4 Å². The molecule has 12 heteroatoms. The molecule has 312 valence electrons. The highest BCUT2D eigenvalue weighted by Gasteiger charge is 2.21. The Balaban J connectivity index is 4.46. The van der Waals surface area contributed by atoms with Gasteiger partial charge in [0.25, 0.3) is 7.82 Å². The van der Waals surface area contributed by atoms with Crippen LogP contribution in [0.5, 0.6) is 0 Å². The zero-order chi connectivity index (χ0) is 39.1. The third-order valence-electron chi connectivity index (χ3n) is 9.28. The van der Waals surface area contributed by atoms with Crippen LogP contribution in [0.2, 0.25) is 0 Å². The number of aldehydes is 1. The van der Waals surface area contributed by atoms with E-state index in [1.807, 2.05) is 0 Å². The van der Waals surface area contributed by atoms with Crippen molar-refractivity contribution in [3.8, 4) is 0 Å². The highest BCUT2D eigenvalue weighted by Crippen LogP contribution is 2.38. The summed E-state index contributed by atoms with van der Waals surface area (Å²) < 4.78 is 32.9. The number of esters is 2. The lowest BCUT2D eigenvalue weighted by Crippen LogP contribution is -2.31. The van der Waals surface area contributed by atoms with Gasteiger partial charge in [0, 0.05) is 32.2 Å². The molecular formula is C41H77NO10P-. The number of carbonyl (C=O) groups excluding carboxylic acids is 4. The Bertz CT molecular complexity index is 934. The van der Waals surface area contributed by atoms with Gasteiger partial charge in [-0.05, 0) is 12.8 Å². The quantitative estimate of drug-likeness (QED) is 0.0274. The third-order valence-corrected chi connectivity index (χ3v) is 10.2. The smallest absolute Gasteiger partial charge is 0.306 e. The molecule has 0 bridgehead atoms. The van der Waals surface area contributed by atoms with Crippen molar-refractivity contribution in [3.05, 3.63) is 0 Å². The van der Waals surface area contributed by atoms with Crippen molar-refractivity contribution in [1.82, 2.24) is 5.32 Å². The molecule has 2 unspecified atom stereocenters. The minimum absolute atomic E-state index is 0.000527. The molecule has 0 aromatic rings. The second-order valence-corrected chi connectivity index (χ2v) is 15.8. The van der Waals surface area contributed by atoms with Gasteiger partial charge in [-0.1, -0.05) is 168 Å². The molecule has 0 saturated heterocycles. The van der Waals surface area contributed by atoms with E-state index in [2.05, 4.69) is 19.2 Å². The molecule has 1 N–H and O–H groups in total. The standard InChI is InChI=1S/C41H78NO10P/c1-3-5-7-9-11-13-15-17-19-21-23-25-27-31-40(45)49-36-38(37-51-53(47,48)50-35-33-42-39(44)30-29-34-43)52-41(46)32-28-26-24-22-20-18-16-14-12-10-8-6-4-2/h34,38H,3-33,35-37H2,1-2H3,(H,42,44)(H,47,48)/p-1. The molecule has 0 fully saturated rings. The summed E-state index contributed by atoms with van der Waals surface area (Å²) in [5.74, 6) is -1.34. The molecule has 0 saturated carbocycles. The highest BCUT2D eigenvalue weighted by atomic mass is 31.2. The normalized spacial score (nSPS) is 13.0. The first kappa shape index (κ1) is 51.2. The maximum atomic E-state index is 12.6. The summed E-state index contributed by atoms with van der Waals surface area (Å²) in [5.41, 5.74) is 0. The van der Waals surface area contributed by atoms with Gasteiger partial charge in [-0.2, -0.15) is 0 Å². The summed E-state index contributed by atoms with van der Waals surface area (Å²) in [6.07, 6.45) is 31.0. The molecule has 0 aliphatic heterocycles. The van der Waals surface area contributed by atoms with E-state index in [-0.39, 0.29) is 45.4 Å². The topological polar surface area (TPSA) is 157 Å². The minimum Gasteiger partial charge on any atom is -0.756 e. The summed E-state index contributed by atoms with van der Waals surface area (Å²) >= 11 is 0. The van der Waals surface area contributed by atoms with Gasteiger partial charge in [-0.3, -0.25) is 18.9 Å². The first-order valence-electron chi connectivity index (χ1n) is 21.4. The molecule has 0 heterocycles. The van der Waals surface area contributed by atoms with Crippen LogP contribution < -0.4 is 10.2 Å². The van der Waals surface area contributed by atoms with Gasteiger partial charge >= 0.3 is 11.9 Å². The number of carbonyl (C=O) groups is 4. The minimum atomic E-state index is -4.80. The van der Waals surface area contributed by atoms with Crippen molar-refractivity contribution in [3.63, 3.8) is 0 Å². The molecule has 0 aromatic heterocycles. The average Bonchev–Trinajstić information content (AvgIpc) is 3.14. The fourth-order valence-corrected chi connectivity index (χ4v) is 6.77. The van der Waals surface area contributed by atoms with Crippen LogP contribution in [0.25, 0.3) is 0 Å². The van der Waals surface area contributed by atoms with Gasteiger partial charge in [-0.15, -0.1) is 0 Å². The molecule has 53 heavy (non-hydrogen) atoms. The van der Waals surface area contributed by atoms with E-state index in [0.29, 0.717) is 19.1 Å². The maximum Gasteiger partial charge on any atom is 0.306 e. The van der Waals surface area contributed by atoms with Crippen LogP contribution in [0.15, 0.2) is 0 Å². The number of hydrogen-bond acceptors (Lipinski definition) is 10. The lowest BCUT2D eigenvalue weighted by Gasteiger charge is -2.25. The second-order valence-electron chi connectivity index (χ2n) is 14.4. The summed E-state index contributed by atoms with van der Waals surface area (Å²) in [6.45, 7) is 3.12. The van der Waals surface area contributed by atoms with Crippen molar-refractivity contribution >= 4 is 32.0 Å². The van der Waals surface area contributed by atoms with Gasteiger partial charge < -0.3 is 33.5 Å². The van der Waals surface area contributed by atoms with Crippen LogP contribution in [0, 0.1) is 0 Å². The van der Waals surface area contributed by atoms with Crippen molar-refractivity contribution < 1.29 is 47.2 Å². The number of nitrogens with one attached hydrogen (secondary N) is 1. The fraction of sp³-hybridized carbons (Fsp3) is 0.902. The Labute approximate surface area is 322 Å². The molecule has 11 nitrogen and oxygen atoms in total. The van der Waals surface area contributed by atoms with Crippen LogP contribution in [-0.2, 0) is 42.3 Å². The van der Waals surface area contributed by atoms with E-state index in [9.17, 15) is 28.6 Å². The Morgan fingerprint density at radius 1 is 0.585 bits per heavy atom. The second kappa shape index (κ2) is 38.5. The van der Waals surface area contributed by atoms with Gasteiger partial charge in [0.1, 0.15) is 12.9 Å². The summed E-state index contributed by atoms with van der Waals surface area (Å²) in [5, 5.41) is 2.44. The van der Waals surface area contributed by atoms with Gasteiger partial charge in [0.2, 0.25) is 5.91 Å². The number of phosphoric ester groups is 1. The van der Waals surface area contributed by atoms with E-state index < -0.39 is 38.4 Å². The van der Waals surface area contributed by atoms with Crippen molar-refractivity contribution in [2.45, 2.75) is 213 Å². The molecule has 0 aliphatic carbocycles. The van der Waals surface area contributed by atoms with Gasteiger partial charge in [0.15, 0.2) is 6.10 Å². The lowest BCUT2D eigenvalue weighted by atomic mass is 10.0. The summed E-state index contributed by atoms with van der Waals surface area (Å²) in [6, 6.07) is 0. The Morgan fingerprint density at radius 3 is 1.43 bits per heavy atom. The summed E-state index contributed by atoms with van der Waals surface area (Å²) in [7, 11) is -4.80. The van der Waals surface area contributed by atoms with Crippen molar-refractivity contribution in [2.24, 2.45) is 0 Å². The van der Waals surface area contributed by atoms with Crippen LogP contribution in [0.1, 0.15) is 206 Å². The van der Waals surface area contributed by atoms with E-state index in [1.165, 1.54) is 116 Å². The largest absolute Gasteiger partial charge is 0.756 e. The molecule has 0 rings (SSSR count). The number of hydrogen-bond donors (Lipinski definition) is 1. The Morgan fingerprint density at radius 2 is 1.00 bits per heavy atom. The van der Waals surface area contributed by atoms with Crippen LogP contribution in [0.4, 0.5) is 0 Å². The number of ether oxygens (including phenoxy) is 2. The number of phosphoric acid groups is 1. The van der Waals surface area contributed by atoms with E-state index >= 15 is 0 Å². The predicted molar refractivity (Wildman–Crippen MR) is 209 cm³/mol. The average molecular weight is 775 g/mol.